The molecule has 2 heteroatoms. The summed E-state index contributed by atoms with van der Waals surface area (Å²) in [5, 5.41) is 0. The molecule has 2 unspecified atom stereocenters. The molecule has 1 aliphatic carbocycles. The normalized spacial score (nSPS) is 25.6. The average Bonchev–Trinajstić information content (AvgIpc) is 3.12. The quantitative estimate of drug-likeness (QED) is 0.908. The minimum Gasteiger partial charge on any atom is -0.323 e. The lowest BCUT2D eigenvalue weighted by Gasteiger charge is -2.31. The Morgan fingerprint density at radius 3 is 2.57 bits per heavy atom. The van der Waals surface area contributed by atoms with Crippen molar-refractivity contribution in [1.82, 2.24) is 4.90 Å². The number of rotatable bonds is 4. The van der Waals surface area contributed by atoms with Crippen LogP contribution >= 0.6 is 0 Å². The molecule has 2 fully saturated rings. The van der Waals surface area contributed by atoms with Gasteiger partial charge in [-0.1, -0.05) is 31.0 Å². The first-order valence-corrected chi connectivity index (χ1v) is 8.72. The molecule has 1 heterocycles. The lowest BCUT2D eigenvalue weighted by molar-refractivity contribution is 0.181. The van der Waals surface area contributed by atoms with Crippen LogP contribution in [-0.4, -0.2) is 24.0 Å². The van der Waals surface area contributed by atoms with Crippen LogP contribution in [-0.2, 0) is 0 Å². The zero-order chi connectivity index (χ0) is 14.8. The van der Waals surface area contributed by atoms with Crippen molar-refractivity contribution < 1.29 is 0 Å². The predicted molar refractivity (Wildman–Crippen MR) is 89.4 cm³/mol. The van der Waals surface area contributed by atoms with Crippen LogP contribution in [0.5, 0.6) is 0 Å². The topological polar surface area (TPSA) is 29.3 Å². The van der Waals surface area contributed by atoms with E-state index in [1.807, 2.05) is 0 Å². The Kier molecular flexibility index (Phi) is 4.66. The van der Waals surface area contributed by atoms with Crippen LogP contribution in [0, 0.1) is 19.8 Å². The molecule has 1 saturated carbocycles. The van der Waals surface area contributed by atoms with Crippen molar-refractivity contribution in [1.29, 1.82) is 0 Å². The SMILES string of the molecule is Cc1ccc(C(N)CN2CCCC2C2CCCC2)cc1C. The van der Waals surface area contributed by atoms with E-state index in [0.29, 0.717) is 0 Å². The van der Waals surface area contributed by atoms with Gasteiger partial charge < -0.3 is 5.73 Å². The smallest absolute Gasteiger partial charge is 0.0424 e. The zero-order valence-electron chi connectivity index (χ0n) is 13.6. The van der Waals surface area contributed by atoms with Gasteiger partial charge in [-0.15, -0.1) is 0 Å². The molecule has 0 spiro atoms. The van der Waals surface area contributed by atoms with E-state index in [-0.39, 0.29) is 6.04 Å². The van der Waals surface area contributed by atoms with Gasteiger partial charge >= 0.3 is 0 Å². The Hall–Kier alpha value is -0.860. The molecule has 0 radical (unpaired) electrons. The van der Waals surface area contributed by atoms with Gasteiger partial charge in [0.15, 0.2) is 0 Å². The van der Waals surface area contributed by atoms with Crippen LogP contribution in [0.15, 0.2) is 18.2 Å². The fourth-order valence-corrected chi connectivity index (χ4v) is 4.31. The number of hydrogen-bond acceptors (Lipinski definition) is 2. The standard InChI is InChI=1S/C19H30N2/c1-14-9-10-17(12-15(14)2)18(20)13-21-11-5-8-19(21)16-6-3-4-7-16/h9-10,12,16,18-19H,3-8,11,13,20H2,1-2H3. The highest BCUT2D eigenvalue weighted by Crippen LogP contribution is 2.36. The number of aryl methyl sites for hydroxylation is 2. The van der Waals surface area contributed by atoms with Gasteiger partial charge in [-0.2, -0.15) is 0 Å². The lowest BCUT2D eigenvalue weighted by atomic mass is 9.95. The van der Waals surface area contributed by atoms with E-state index >= 15 is 0 Å². The molecule has 1 saturated heterocycles. The third-order valence-corrected chi connectivity index (χ3v) is 5.75. The van der Waals surface area contributed by atoms with Crippen LogP contribution < -0.4 is 5.73 Å². The first kappa shape index (κ1) is 15.1. The predicted octanol–water partition coefficient (Wildman–Crippen LogP) is 3.96. The highest BCUT2D eigenvalue weighted by atomic mass is 15.2. The first-order chi connectivity index (χ1) is 10.1. The van der Waals surface area contributed by atoms with E-state index in [1.54, 1.807) is 0 Å². The number of nitrogens with zero attached hydrogens (tertiary/aromatic N) is 1. The van der Waals surface area contributed by atoms with Gasteiger partial charge in [0.1, 0.15) is 0 Å². The summed E-state index contributed by atoms with van der Waals surface area (Å²) in [6.07, 6.45) is 8.53. The lowest BCUT2D eigenvalue weighted by Crippen LogP contribution is -2.39. The molecule has 0 amide bonds. The molecular weight excluding hydrogens is 256 g/mol. The van der Waals surface area contributed by atoms with Crippen molar-refractivity contribution in [3.05, 3.63) is 34.9 Å². The van der Waals surface area contributed by atoms with Crippen LogP contribution in [0.1, 0.15) is 61.3 Å². The van der Waals surface area contributed by atoms with Gasteiger partial charge in [0, 0.05) is 18.6 Å². The van der Waals surface area contributed by atoms with Crippen LogP contribution in [0.3, 0.4) is 0 Å². The highest BCUT2D eigenvalue weighted by Gasteiger charge is 2.33. The number of benzene rings is 1. The minimum absolute atomic E-state index is 0.159. The molecule has 21 heavy (non-hydrogen) atoms. The maximum Gasteiger partial charge on any atom is 0.0424 e. The van der Waals surface area contributed by atoms with Gasteiger partial charge in [-0.3, -0.25) is 4.90 Å². The van der Waals surface area contributed by atoms with E-state index < -0.39 is 0 Å². The second kappa shape index (κ2) is 6.50. The third kappa shape index (κ3) is 3.32. The summed E-state index contributed by atoms with van der Waals surface area (Å²) in [6, 6.07) is 7.67. The molecule has 1 aliphatic heterocycles. The summed E-state index contributed by atoms with van der Waals surface area (Å²) >= 11 is 0. The summed E-state index contributed by atoms with van der Waals surface area (Å²) in [4.78, 5) is 2.69. The molecule has 1 aromatic rings. The Morgan fingerprint density at radius 1 is 1.10 bits per heavy atom. The van der Waals surface area contributed by atoms with Gasteiger partial charge in [0.25, 0.3) is 0 Å². The summed E-state index contributed by atoms with van der Waals surface area (Å²) < 4.78 is 0. The van der Waals surface area contributed by atoms with E-state index in [9.17, 15) is 0 Å². The van der Waals surface area contributed by atoms with E-state index in [4.69, 9.17) is 5.73 Å². The molecule has 2 N–H and O–H groups in total. The van der Waals surface area contributed by atoms with Gasteiger partial charge in [0.05, 0.1) is 0 Å². The molecule has 1 aromatic carbocycles. The fraction of sp³-hybridized carbons (Fsp3) is 0.684. The van der Waals surface area contributed by atoms with Crippen molar-refractivity contribution in [3.63, 3.8) is 0 Å². The van der Waals surface area contributed by atoms with Crippen molar-refractivity contribution >= 4 is 0 Å². The van der Waals surface area contributed by atoms with Crippen molar-refractivity contribution in [2.75, 3.05) is 13.1 Å². The monoisotopic (exact) mass is 286 g/mol. The largest absolute Gasteiger partial charge is 0.323 e. The Bertz CT molecular complexity index is 476. The highest BCUT2D eigenvalue weighted by molar-refractivity contribution is 5.31. The maximum atomic E-state index is 6.51. The summed E-state index contributed by atoms with van der Waals surface area (Å²) in [5.74, 6) is 0.944. The summed E-state index contributed by atoms with van der Waals surface area (Å²) in [7, 11) is 0. The third-order valence-electron chi connectivity index (χ3n) is 5.75. The molecule has 0 bridgehead atoms. The first-order valence-electron chi connectivity index (χ1n) is 8.72. The van der Waals surface area contributed by atoms with Crippen molar-refractivity contribution in [2.45, 2.75) is 64.5 Å². The van der Waals surface area contributed by atoms with Crippen LogP contribution in [0.25, 0.3) is 0 Å². The van der Waals surface area contributed by atoms with Crippen LogP contribution in [0.2, 0.25) is 0 Å². The van der Waals surface area contributed by atoms with E-state index in [1.165, 1.54) is 61.8 Å². The second-order valence-corrected chi connectivity index (χ2v) is 7.20. The number of likely N-dealkylation sites (tertiary alicyclic amines) is 1. The van der Waals surface area contributed by atoms with Crippen molar-refractivity contribution in [2.24, 2.45) is 11.7 Å². The molecule has 0 aromatic heterocycles. The van der Waals surface area contributed by atoms with E-state index in [2.05, 4.69) is 36.9 Å². The number of nitrogens with two attached hydrogens (primary N) is 1. The molecule has 3 rings (SSSR count). The zero-order valence-corrected chi connectivity index (χ0v) is 13.6. The summed E-state index contributed by atoms with van der Waals surface area (Å²) in [6.45, 7) is 6.63. The summed E-state index contributed by atoms with van der Waals surface area (Å²) in [5.41, 5.74) is 10.5. The van der Waals surface area contributed by atoms with Gasteiger partial charge in [-0.05, 0) is 68.7 Å². The van der Waals surface area contributed by atoms with Crippen LogP contribution in [0.4, 0.5) is 0 Å². The van der Waals surface area contributed by atoms with Gasteiger partial charge in [0.2, 0.25) is 0 Å². The average molecular weight is 286 g/mol. The number of hydrogen-bond donors (Lipinski definition) is 1. The Morgan fingerprint density at radius 2 is 1.86 bits per heavy atom. The Labute approximate surface area is 129 Å². The Balaban J connectivity index is 1.65. The molecule has 116 valence electrons. The van der Waals surface area contributed by atoms with Gasteiger partial charge in [-0.25, -0.2) is 0 Å². The maximum absolute atomic E-state index is 6.51. The fourth-order valence-electron chi connectivity index (χ4n) is 4.31. The molecule has 2 nitrogen and oxygen atoms in total. The molecule has 2 atom stereocenters. The van der Waals surface area contributed by atoms with Crippen molar-refractivity contribution in [3.8, 4) is 0 Å². The molecule has 2 aliphatic rings. The van der Waals surface area contributed by atoms with E-state index in [0.717, 1.165) is 18.5 Å². The minimum atomic E-state index is 0.159. The second-order valence-electron chi connectivity index (χ2n) is 7.20. The molecular formula is C19H30N2.